The molecule has 0 spiro atoms. The zero-order valence-electron chi connectivity index (χ0n) is 13.8. The van der Waals surface area contributed by atoms with Crippen molar-refractivity contribution in [2.24, 2.45) is 0 Å². The van der Waals surface area contributed by atoms with Gasteiger partial charge in [-0.05, 0) is 44.0 Å². The molecular formula is C18H18N4O2. The number of rotatable bonds is 4. The van der Waals surface area contributed by atoms with Crippen LogP contribution in [0.25, 0.3) is 0 Å². The largest absolute Gasteiger partial charge is 0.360 e. The van der Waals surface area contributed by atoms with Gasteiger partial charge in [0.1, 0.15) is 5.76 Å². The van der Waals surface area contributed by atoms with Gasteiger partial charge in [0, 0.05) is 18.0 Å². The number of nitrogens with zero attached hydrogens (tertiary/aromatic N) is 2. The van der Waals surface area contributed by atoms with E-state index in [4.69, 9.17) is 4.52 Å². The van der Waals surface area contributed by atoms with E-state index in [2.05, 4.69) is 20.8 Å². The molecule has 0 bridgehead atoms. The Bertz CT molecular complexity index is 886. The van der Waals surface area contributed by atoms with E-state index in [1.807, 2.05) is 39.0 Å². The summed E-state index contributed by atoms with van der Waals surface area (Å²) in [6.07, 6.45) is 3.15. The molecule has 1 amide bonds. The van der Waals surface area contributed by atoms with Crippen LogP contribution in [0.3, 0.4) is 0 Å². The average Bonchev–Trinajstić information content (AvgIpc) is 2.97. The molecule has 0 aliphatic rings. The van der Waals surface area contributed by atoms with Gasteiger partial charge in [0.2, 0.25) is 0 Å². The number of pyridine rings is 1. The third kappa shape index (κ3) is 3.43. The molecule has 2 aromatic heterocycles. The Kier molecular flexibility index (Phi) is 4.29. The maximum atomic E-state index is 12.5. The summed E-state index contributed by atoms with van der Waals surface area (Å²) in [6.45, 7) is 5.80. The Morgan fingerprint density at radius 2 is 1.96 bits per heavy atom. The van der Waals surface area contributed by atoms with E-state index in [1.165, 1.54) is 6.20 Å². The van der Waals surface area contributed by atoms with Crippen molar-refractivity contribution in [3.63, 3.8) is 0 Å². The van der Waals surface area contributed by atoms with Gasteiger partial charge in [-0.1, -0.05) is 17.3 Å². The van der Waals surface area contributed by atoms with E-state index < -0.39 is 0 Å². The lowest BCUT2D eigenvalue weighted by Gasteiger charge is -2.11. The van der Waals surface area contributed by atoms with Gasteiger partial charge >= 0.3 is 0 Å². The summed E-state index contributed by atoms with van der Waals surface area (Å²) < 4.78 is 5.01. The highest BCUT2D eigenvalue weighted by molar-refractivity contribution is 6.05. The first-order valence-corrected chi connectivity index (χ1v) is 7.56. The van der Waals surface area contributed by atoms with E-state index in [9.17, 15) is 4.79 Å². The number of nitrogens with one attached hydrogen (secondary N) is 2. The highest BCUT2D eigenvalue weighted by atomic mass is 16.5. The van der Waals surface area contributed by atoms with Gasteiger partial charge in [-0.15, -0.1) is 0 Å². The minimum Gasteiger partial charge on any atom is -0.360 e. The number of hydrogen-bond donors (Lipinski definition) is 2. The molecule has 3 rings (SSSR count). The fourth-order valence-corrected chi connectivity index (χ4v) is 2.29. The van der Waals surface area contributed by atoms with Crippen LogP contribution in [-0.2, 0) is 0 Å². The summed E-state index contributed by atoms with van der Waals surface area (Å²) in [7, 11) is 0. The molecule has 3 aromatic rings. The molecule has 0 saturated carbocycles. The fourth-order valence-electron chi connectivity index (χ4n) is 2.29. The van der Waals surface area contributed by atoms with Crippen LogP contribution in [0.2, 0.25) is 0 Å². The molecule has 0 aliphatic carbocycles. The van der Waals surface area contributed by atoms with Crippen molar-refractivity contribution < 1.29 is 9.32 Å². The first-order valence-electron chi connectivity index (χ1n) is 7.56. The minimum absolute atomic E-state index is 0.212. The molecule has 6 nitrogen and oxygen atoms in total. The minimum atomic E-state index is -0.212. The van der Waals surface area contributed by atoms with Gasteiger partial charge in [0.05, 0.1) is 17.4 Å². The Balaban J connectivity index is 1.78. The zero-order chi connectivity index (χ0) is 17.1. The quantitative estimate of drug-likeness (QED) is 0.759. The second-order valence-electron chi connectivity index (χ2n) is 5.61. The van der Waals surface area contributed by atoms with Gasteiger partial charge in [0.25, 0.3) is 5.91 Å². The van der Waals surface area contributed by atoms with Crippen molar-refractivity contribution in [3.8, 4) is 0 Å². The lowest BCUT2D eigenvalue weighted by Crippen LogP contribution is -2.13. The maximum Gasteiger partial charge on any atom is 0.257 e. The normalized spacial score (nSPS) is 10.5. The number of benzene rings is 1. The van der Waals surface area contributed by atoms with Crippen LogP contribution in [0.5, 0.6) is 0 Å². The molecule has 1 aromatic carbocycles. The molecule has 0 atom stereocenters. The first kappa shape index (κ1) is 15.7. The molecule has 0 unspecified atom stereocenters. The molecular weight excluding hydrogens is 304 g/mol. The smallest absolute Gasteiger partial charge is 0.257 e. The Morgan fingerprint density at radius 3 is 2.71 bits per heavy atom. The Morgan fingerprint density at radius 1 is 1.12 bits per heavy atom. The summed E-state index contributed by atoms with van der Waals surface area (Å²) in [5, 5.41) is 9.84. The van der Waals surface area contributed by atoms with E-state index in [0.717, 1.165) is 16.8 Å². The molecule has 2 heterocycles. The average molecular weight is 322 g/mol. The monoisotopic (exact) mass is 322 g/mol. The number of anilines is 3. The van der Waals surface area contributed by atoms with Crippen LogP contribution in [-0.4, -0.2) is 16.0 Å². The molecule has 0 saturated heterocycles. The van der Waals surface area contributed by atoms with Gasteiger partial charge in [-0.2, -0.15) is 0 Å². The Labute approximate surface area is 139 Å². The number of aromatic nitrogens is 2. The summed E-state index contributed by atoms with van der Waals surface area (Å²) >= 11 is 0. The second-order valence-corrected chi connectivity index (χ2v) is 5.61. The van der Waals surface area contributed by atoms with Gasteiger partial charge in [0.15, 0.2) is 5.82 Å². The van der Waals surface area contributed by atoms with Crippen LogP contribution < -0.4 is 10.6 Å². The third-order valence-electron chi connectivity index (χ3n) is 3.75. The Hall–Kier alpha value is -3.15. The van der Waals surface area contributed by atoms with Crippen molar-refractivity contribution in [3.05, 3.63) is 65.2 Å². The number of carbonyl (C=O) groups is 1. The van der Waals surface area contributed by atoms with Crippen LogP contribution in [0, 0.1) is 20.8 Å². The van der Waals surface area contributed by atoms with E-state index >= 15 is 0 Å². The molecule has 2 N–H and O–H groups in total. The van der Waals surface area contributed by atoms with Crippen molar-refractivity contribution >= 4 is 23.1 Å². The van der Waals surface area contributed by atoms with E-state index in [1.54, 1.807) is 18.3 Å². The first-order chi connectivity index (χ1) is 11.5. The summed E-state index contributed by atoms with van der Waals surface area (Å²) in [5.41, 5.74) is 4.09. The second kappa shape index (κ2) is 6.54. The van der Waals surface area contributed by atoms with E-state index in [-0.39, 0.29) is 5.91 Å². The van der Waals surface area contributed by atoms with E-state index in [0.29, 0.717) is 22.8 Å². The van der Waals surface area contributed by atoms with Crippen LogP contribution in [0.1, 0.15) is 27.2 Å². The van der Waals surface area contributed by atoms with Crippen LogP contribution in [0.15, 0.2) is 47.2 Å². The summed E-state index contributed by atoms with van der Waals surface area (Å²) in [4.78, 5) is 16.6. The SMILES string of the molecule is Cc1cc(Nc2cncc(C(=O)Nc3cccc(C)c3C)c2)no1. The van der Waals surface area contributed by atoms with Crippen LogP contribution in [0.4, 0.5) is 17.2 Å². The third-order valence-corrected chi connectivity index (χ3v) is 3.75. The molecule has 0 aliphatic heterocycles. The highest BCUT2D eigenvalue weighted by Crippen LogP contribution is 2.20. The topological polar surface area (TPSA) is 80.0 Å². The lowest BCUT2D eigenvalue weighted by atomic mass is 10.1. The zero-order valence-corrected chi connectivity index (χ0v) is 13.8. The molecule has 24 heavy (non-hydrogen) atoms. The van der Waals surface area contributed by atoms with Crippen LogP contribution >= 0.6 is 0 Å². The van der Waals surface area contributed by atoms with Crippen molar-refractivity contribution in [1.29, 1.82) is 0 Å². The molecule has 0 fully saturated rings. The van der Waals surface area contributed by atoms with Gasteiger partial charge in [-0.25, -0.2) is 0 Å². The predicted molar refractivity (Wildman–Crippen MR) is 92.6 cm³/mol. The predicted octanol–water partition coefficient (Wildman–Crippen LogP) is 3.99. The van der Waals surface area contributed by atoms with Gasteiger partial charge in [-0.3, -0.25) is 9.78 Å². The molecule has 0 radical (unpaired) electrons. The van der Waals surface area contributed by atoms with Crippen molar-refractivity contribution in [2.45, 2.75) is 20.8 Å². The molecule has 6 heteroatoms. The highest BCUT2D eigenvalue weighted by Gasteiger charge is 2.10. The fraction of sp³-hybridized carbons (Fsp3) is 0.167. The number of amides is 1. The molecule has 122 valence electrons. The lowest BCUT2D eigenvalue weighted by molar-refractivity contribution is 0.102. The summed E-state index contributed by atoms with van der Waals surface area (Å²) in [5.74, 6) is 1.06. The summed E-state index contributed by atoms with van der Waals surface area (Å²) in [6, 6.07) is 9.30. The van der Waals surface area contributed by atoms with Gasteiger partial charge < -0.3 is 15.2 Å². The number of carbonyl (C=O) groups excluding carboxylic acids is 1. The number of aryl methyl sites for hydroxylation is 2. The standard InChI is InChI=1S/C18H18N4O2/c1-11-5-4-6-16(13(11)3)21-18(23)14-8-15(10-19-9-14)20-17-7-12(2)24-22-17/h4-10H,1-3H3,(H,20,22)(H,21,23). The maximum absolute atomic E-state index is 12.5. The number of hydrogen-bond acceptors (Lipinski definition) is 5. The van der Waals surface area contributed by atoms with Crippen molar-refractivity contribution in [2.75, 3.05) is 10.6 Å². The van der Waals surface area contributed by atoms with Crippen molar-refractivity contribution in [1.82, 2.24) is 10.1 Å².